The minimum atomic E-state index is -2.17. The van der Waals surface area contributed by atoms with Crippen molar-refractivity contribution in [2.75, 3.05) is 0 Å². The van der Waals surface area contributed by atoms with E-state index in [1.807, 2.05) is 6.07 Å². The van der Waals surface area contributed by atoms with Gasteiger partial charge in [0.2, 0.25) is 0 Å². The number of benzene rings is 1. The Morgan fingerprint density at radius 1 is 0.933 bits per heavy atom. The molecule has 0 bridgehead atoms. The molecule has 0 aliphatic rings. The van der Waals surface area contributed by atoms with E-state index in [0.29, 0.717) is 5.02 Å². The number of halogens is 5. The molecule has 0 unspecified atom stereocenters. The van der Waals surface area contributed by atoms with Crippen LogP contribution in [-0.2, 0) is 0 Å². The predicted octanol–water partition coefficient (Wildman–Crippen LogP) is 3.34. The van der Waals surface area contributed by atoms with Gasteiger partial charge >= 0.3 is 7.32 Å². The quantitative estimate of drug-likeness (QED) is 0.297. The van der Waals surface area contributed by atoms with Crippen molar-refractivity contribution < 1.29 is 15.1 Å². The third-order valence-electron chi connectivity index (χ3n) is 1.06. The van der Waals surface area contributed by atoms with Gasteiger partial charge in [0.15, 0.2) is 0 Å². The van der Waals surface area contributed by atoms with E-state index in [9.17, 15) is 0 Å². The van der Waals surface area contributed by atoms with Crippen LogP contribution in [0.15, 0.2) is 24.0 Å². The summed E-state index contributed by atoms with van der Waals surface area (Å²) in [5, 5.41) is 22.2. The highest BCUT2D eigenvalue weighted by molar-refractivity contribution is 9.14. The van der Waals surface area contributed by atoms with Gasteiger partial charge in [-0.15, -0.1) is 0 Å². The molecule has 3 N–H and O–H groups in total. The number of rotatable bonds is 0. The molecule has 1 aromatic rings. The summed E-state index contributed by atoms with van der Waals surface area (Å²) in [7, 11) is -2.17. The Hall–Kier alpha value is 1.37. The van der Waals surface area contributed by atoms with E-state index in [2.05, 4.69) is 63.7 Å². The molecule has 0 aliphatic carbocycles. The van der Waals surface area contributed by atoms with Crippen LogP contribution in [0.3, 0.4) is 0 Å². The molecule has 1 aromatic carbocycles. The highest BCUT2D eigenvalue weighted by atomic mass is 79.9. The van der Waals surface area contributed by atoms with Crippen molar-refractivity contribution in [3.05, 3.63) is 29.0 Å². The Kier molecular flexibility index (Phi) is 8.35. The third kappa shape index (κ3) is 6.02. The van der Waals surface area contributed by atoms with Gasteiger partial charge in [0.1, 0.15) is 0 Å². The van der Waals surface area contributed by atoms with E-state index in [0.717, 1.165) is 17.9 Å². The van der Waals surface area contributed by atoms with Crippen LogP contribution in [0.5, 0.6) is 0 Å². The van der Waals surface area contributed by atoms with E-state index in [4.69, 9.17) is 26.7 Å². The number of hydrogen-bond donors (Lipinski definition) is 3. The van der Waals surface area contributed by atoms with Gasteiger partial charge in [0, 0.05) is 8.95 Å². The Morgan fingerprint density at radius 3 is 1.47 bits per heavy atom. The van der Waals surface area contributed by atoms with Crippen LogP contribution in [0.4, 0.5) is 0 Å². The second-order valence-electron chi connectivity index (χ2n) is 2.13. The molecule has 0 radical (unpaired) electrons. The maximum atomic E-state index is 7.17. The SMILES string of the molecule is Clc1c(Br)c(Br)cc(Br)c1Br.OB(O)O. The summed E-state index contributed by atoms with van der Waals surface area (Å²) in [6, 6.07) is 1.92. The molecule has 0 aromatic heterocycles. The Bertz CT molecular complexity index is 321. The molecule has 1 rings (SSSR count). The van der Waals surface area contributed by atoms with Gasteiger partial charge < -0.3 is 15.1 Å². The second kappa shape index (κ2) is 7.65. The molecule has 0 heterocycles. The second-order valence-corrected chi connectivity index (χ2v) is 5.80. The highest BCUT2D eigenvalue weighted by Gasteiger charge is 2.09. The van der Waals surface area contributed by atoms with Gasteiger partial charge in [-0.05, 0) is 69.8 Å². The standard InChI is InChI=1S/C6HBr4Cl.BH3O3/c7-2-1-3(8)5(10)6(11)4(2)9;2-1(3)4/h1H;2-4H. The highest BCUT2D eigenvalue weighted by Crippen LogP contribution is 2.40. The lowest BCUT2D eigenvalue weighted by Crippen LogP contribution is -2.07. The predicted molar refractivity (Wildman–Crippen MR) is 74.7 cm³/mol. The molecule has 0 fully saturated rings. The lowest BCUT2D eigenvalue weighted by Gasteiger charge is -2.03. The lowest BCUT2D eigenvalue weighted by atomic mass is 10.3. The average molecular weight is 490 g/mol. The maximum Gasteiger partial charge on any atom is 0.631 e. The first-order valence-electron chi connectivity index (χ1n) is 3.30. The zero-order valence-electron chi connectivity index (χ0n) is 6.89. The first-order valence-corrected chi connectivity index (χ1v) is 6.85. The summed E-state index contributed by atoms with van der Waals surface area (Å²) in [4.78, 5) is 0. The third-order valence-corrected chi connectivity index (χ3v) is 5.86. The van der Waals surface area contributed by atoms with Crippen molar-refractivity contribution in [3.8, 4) is 0 Å². The molecule has 3 nitrogen and oxygen atoms in total. The molecule has 0 saturated heterocycles. The summed E-state index contributed by atoms with van der Waals surface area (Å²) in [5.74, 6) is 0. The Balaban J connectivity index is 0.000000423. The Morgan fingerprint density at radius 2 is 1.20 bits per heavy atom. The van der Waals surface area contributed by atoms with Crippen LogP contribution in [-0.4, -0.2) is 22.4 Å². The molecule has 15 heavy (non-hydrogen) atoms. The van der Waals surface area contributed by atoms with Crippen LogP contribution >= 0.6 is 75.3 Å². The van der Waals surface area contributed by atoms with Crippen LogP contribution in [0.1, 0.15) is 0 Å². The van der Waals surface area contributed by atoms with E-state index >= 15 is 0 Å². The summed E-state index contributed by atoms with van der Waals surface area (Å²) < 4.78 is 3.57. The zero-order chi connectivity index (χ0) is 12.2. The van der Waals surface area contributed by atoms with Gasteiger partial charge in [-0.1, -0.05) is 11.6 Å². The van der Waals surface area contributed by atoms with Crippen molar-refractivity contribution in [2.45, 2.75) is 0 Å². The molecule has 0 amide bonds. The minimum absolute atomic E-state index is 0.659. The fourth-order valence-corrected chi connectivity index (χ4v) is 3.03. The molecule has 0 saturated carbocycles. The van der Waals surface area contributed by atoms with Gasteiger partial charge in [0.25, 0.3) is 0 Å². The van der Waals surface area contributed by atoms with Gasteiger partial charge in [-0.25, -0.2) is 0 Å². The van der Waals surface area contributed by atoms with Crippen LogP contribution in [0, 0.1) is 0 Å². The van der Waals surface area contributed by atoms with Crippen LogP contribution in [0.2, 0.25) is 5.02 Å². The normalized spacial score (nSPS) is 9.33. The topological polar surface area (TPSA) is 60.7 Å². The molecule has 0 spiro atoms. The number of hydrogen-bond acceptors (Lipinski definition) is 3. The molecule has 0 aliphatic heterocycles. The molecule has 9 heteroatoms. The van der Waals surface area contributed by atoms with E-state index in [-0.39, 0.29) is 0 Å². The van der Waals surface area contributed by atoms with E-state index in [1.54, 1.807) is 0 Å². The van der Waals surface area contributed by atoms with Gasteiger partial charge in [-0.3, -0.25) is 0 Å². The maximum absolute atomic E-state index is 7.17. The van der Waals surface area contributed by atoms with Crippen molar-refractivity contribution in [1.29, 1.82) is 0 Å². The van der Waals surface area contributed by atoms with Crippen LogP contribution in [0.25, 0.3) is 0 Å². The van der Waals surface area contributed by atoms with Gasteiger partial charge in [0.05, 0.1) is 14.0 Å². The van der Waals surface area contributed by atoms with Gasteiger partial charge in [-0.2, -0.15) is 0 Å². The first kappa shape index (κ1) is 16.4. The summed E-state index contributed by atoms with van der Waals surface area (Å²) >= 11 is 19.3. The van der Waals surface area contributed by atoms with E-state index in [1.165, 1.54) is 0 Å². The van der Waals surface area contributed by atoms with Crippen molar-refractivity contribution >= 4 is 82.6 Å². The lowest BCUT2D eigenvalue weighted by molar-refractivity contribution is 0.278. The largest absolute Gasteiger partial charge is 0.631 e. The van der Waals surface area contributed by atoms with Crippen molar-refractivity contribution in [1.82, 2.24) is 0 Å². The monoisotopic (exact) mass is 486 g/mol. The fourth-order valence-electron chi connectivity index (χ4n) is 0.544. The summed E-state index contributed by atoms with van der Waals surface area (Å²) in [6.45, 7) is 0. The molecular formula is C6H4BBr4ClO3. The Labute approximate surface area is 126 Å². The first-order chi connectivity index (χ1) is 6.77. The zero-order valence-corrected chi connectivity index (χ0v) is 14.0. The summed E-state index contributed by atoms with van der Waals surface area (Å²) in [5.41, 5.74) is 0. The van der Waals surface area contributed by atoms with Crippen molar-refractivity contribution in [3.63, 3.8) is 0 Å². The fraction of sp³-hybridized carbons (Fsp3) is 0. The van der Waals surface area contributed by atoms with Crippen LogP contribution < -0.4 is 0 Å². The summed E-state index contributed by atoms with van der Waals surface area (Å²) in [6.07, 6.45) is 0. The smallest absolute Gasteiger partial charge is 0.402 e. The minimum Gasteiger partial charge on any atom is -0.402 e. The van der Waals surface area contributed by atoms with Crippen molar-refractivity contribution in [2.24, 2.45) is 0 Å². The molecule has 84 valence electrons. The average Bonchev–Trinajstić information content (AvgIpc) is 2.11. The molecule has 0 atom stereocenters. The molecular weight excluding hydrogens is 486 g/mol. The van der Waals surface area contributed by atoms with E-state index < -0.39 is 7.32 Å².